The lowest BCUT2D eigenvalue weighted by Crippen LogP contribution is -2.25. The first-order valence-corrected chi connectivity index (χ1v) is 7.95. The SMILES string of the molecule is C[C@@H](N[C@@H](CCO)c1cccs1)c1ccc2c(c1)OCO2. The Hall–Kier alpha value is -1.56. The topological polar surface area (TPSA) is 50.7 Å². The summed E-state index contributed by atoms with van der Waals surface area (Å²) < 4.78 is 10.8. The number of thiophene rings is 1. The van der Waals surface area contributed by atoms with E-state index < -0.39 is 0 Å². The first-order valence-electron chi connectivity index (χ1n) is 7.08. The Morgan fingerprint density at radius 2 is 2.14 bits per heavy atom. The van der Waals surface area contributed by atoms with Crippen LogP contribution < -0.4 is 14.8 Å². The highest BCUT2D eigenvalue weighted by atomic mass is 32.1. The van der Waals surface area contributed by atoms with Crippen molar-refractivity contribution in [2.24, 2.45) is 0 Å². The lowest BCUT2D eigenvalue weighted by molar-refractivity contribution is 0.174. The zero-order chi connectivity index (χ0) is 14.7. The van der Waals surface area contributed by atoms with E-state index in [4.69, 9.17) is 9.47 Å². The summed E-state index contributed by atoms with van der Waals surface area (Å²) in [6.45, 7) is 2.59. The number of hydrogen-bond donors (Lipinski definition) is 2. The number of aliphatic hydroxyl groups is 1. The Balaban J connectivity index is 1.73. The number of nitrogens with one attached hydrogen (secondary N) is 1. The fraction of sp³-hybridized carbons (Fsp3) is 0.375. The van der Waals surface area contributed by atoms with E-state index in [0.717, 1.165) is 17.1 Å². The maximum atomic E-state index is 9.27. The molecule has 1 aliphatic rings. The summed E-state index contributed by atoms with van der Waals surface area (Å²) in [6.07, 6.45) is 0.704. The van der Waals surface area contributed by atoms with Crippen LogP contribution in [0.4, 0.5) is 0 Å². The van der Waals surface area contributed by atoms with Crippen LogP contribution in [0, 0.1) is 0 Å². The van der Waals surface area contributed by atoms with Gasteiger partial charge in [-0.05, 0) is 42.5 Å². The number of hydrogen-bond acceptors (Lipinski definition) is 5. The number of rotatable bonds is 6. The standard InChI is InChI=1S/C16H19NO3S/c1-11(12-4-5-14-15(9-12)20-10-19-14)17-13(6-7-18)16-3-2-8-21-16/h2-5,8-9,11,13,17-18H,6-7,10H2,1H3/t11-,13+/m1/s1. The van der Waals surface area contributed by atoms with Crippen LogP contribution >= 0.6 is 11.3 Å². The third-order valence-electron chi connectivity index (χ3n) is 3.65. The van der Waals surface area contributed by atoms with Crippen LogP contribution in [0.15, 0.2) is 35.7 Å². The molecule has 1 aromatic carbocycles. The highest BCUT2D eigenvalue weighted by Gasteiger charge is 2.19. The molecule has 0 bridgehead atoms. The first kappa shape index (κ1) is 14.4. The normalized spacial score (nSPS) is 15.9. The van der Waals surface area contributed by atoms with Gasteiger partial charge in [0.1, 0.15) is 0 Å². The number of fused-ring (bicyclic) bond motifs is 1. The van der Waals surface area contributed by atoms with Gasteiger partial charge in [-0.15, -0.1) is 11.3 Å². The molecule has 1 aromatic heterocycles. The molecular weight excluding hydrogens is 286 g/mol. The third kappa shape index (κ3) is 3.20. The van der Waals surface area contributed by atoms with Gasteiger partial charge in [-0.2, -0.15) is 0 Å². The molecule has 1 aliphatic heterocycles. The Morgan fingerprint density at radius 3 is 2.90 bits per heavy atom. The van der Waals surface area contributed by atoms with Gasteiger partial charge in [0.25, 0.3) is 0 Å². The van der Waals surface area contributed by atoms with Crippen molar-refractivity contribution >= 4 is 11.3 Å². The highest BCUT2D eigenvalue weighted by Crippen LogP contribution is 2.35. The molecular formula is C16H19NO3S. The van der Waals surface area contributed by atoms with Gasteiger partial charge < -0.3 is 19.9 Å². The van der Waals surface area contributed by atoms with Gasteiger partial charge >= 0.3 is 0 Å². The van der Waals surface area contributed by atoms with Crippen LogP contribution in [0.2, 0.25) is 0 Å². The lowest BCUT2D eigenvalue weighted by Gasteiger charge is -2.22. The van der Waals surface area contributed by atoms with Crippen molar-refractivity contribution < 1.29 is 14.6 Å². The molecule has 2 atom stereocenters. The predicted molar refractivity (Wildman–Crippen MR) is 82.9 cm³/mol. The molecule has 4 nitrogen and oxygen atoms in total. The van der Waals surface area contributed by atoms with Gasteiger partial charge in [0.05, 0.1) is 0 Å². The van der Waals surface area contributed by atoms with Crippen molar-refractivity contribution in [2.75, 3.05) is 13.4 Å². The zero-order valence-corrected chi connectivity index (χ0v) is 12.7. The summed E-state index contributed by atoms with van der Waals surface area (Å²) in [4.78, 5) is 1.25. The molecule has 0 radical (unpaired) electrons. The summed E-state index contributed by atoms with van der Waals surface area (Å²) >= 11 is 1.71. The second kappa shape index (κ2) is 6.47. The van der Waals surface area contributed by atoms with Crippen molar-refractivity contribution in [1.29, 1.82) is 0 Å². The van der Waals surface area contributed by atoms with Gasteiger partial charge in [-0.3, -0.25) is 0 Å². The summed E-state index contributed by atoms with van der Waals surface area (Å²) in [5, 5.41) is 14.9. The van der Waals surface area contributed by atoms with Crippen LogP contribution in [0.5, 0.6) is 11.5 Å². The molecule has 2 N–H and O–H groups in total. The molecule has 5 heteroatoms. The van der Waals surface area contributed by atoms with Gasteiger partial charge in [-0.1, -0.05) is 12.1 Å². The molecule has 0 fully saturated rings. The van der Waals surface area contributed by atoms with Crippen molar-refractivity contribution in [3.8, 4) is 11.5 Å². The number of aliphatic hydroxyl groups excluding tert-OH is 1. The maximum Gasteiger partial charge on any atom is 0.231 e. The monoisotopic (exact) mass is 305 g/mol. The van der Waals surface area contributed by atoms with E-state index in [1.54, 1.807) is 11.3 Å². The second-order valence-corrected chi connectivity index (χ2v) is 6.06. The fourth-order valence-corrected chi connectivity index (χ4v) is 3.33. The Labute approximate surface area is 128 Å². The molecule has 0 amide bonds. The zero-order valence-electron chi connectivity index (χ0n) is 11.9. The van der Waals surface area contributed by atoms with Crippen LogP contribution in [0.1, 0.15) is 35.9 Å². The molecule has 0 aliphatic carbocycles. The van der Waals surface area contributed by atoms with Crippen LogP contribution in [-0.2, 0) is 0 Å². The van der Waals surface area contributed by atoms with Gasteiger partial charge in [-0.25, -0.2) is 0 Å². The van der Waals surface area contributed by atoms with E-state index in [-0.39, 0.29) is 18.7 Å². The summed E-state index contributed by atoms with van der Waals surface area (Å²) in [6, 6.07) is 10.5. The summed E-state index contributed by atoms with van der Waals surface area (Å²) in [5.41, 5.74) is 1.15. The van der Waals surface area contributed by atoms with E-state index >= 15 is 0 Å². The number of ether oxygens (including phenoxy) is 2. The minimum absolute atomic E-state index is 0.162. The molecule has 0 saturated heterocycles. The Kier molecular flexibility index (Phi) is 4.43. The smallest absolute Gasteiger partial charge is 0.231 e. The van der Waals surface area contributed by atoms with E-state index in [0.29, 0.717) is 13.2 Å². The minimum atomic E-state index is 0.162. The fourth-order valence-electron chi connectivity index (χ4n) is 2.51. The first-order chi connectivity index (χ1) is 10.3. The Bertz CT molecular complexity index is 585. The molecule has 0 spiro atoms. The van der Waals surface area contributed by atoms with E-state index in [2.05, 4.69) is 29.8 Å². The highest BCUT2D eigenvalue weighted by molar-refractivity contribution is 7.10. The largest absolute Gasteiger partial charge is 0.454 e. The average molecular weight is 305 g/mol. The van der Waals surface area contributed by atoms with E-state index in [9.17, 15) is 5.11 Å². The van der Waals surface area contributed by atoms with Gasteiger partial charge in [0.15, 0.2) is 11.5 Å². The van der Waals surface area contributed by atoms with Crippen LogP contribution in [0.25, 0.3) is 0 Å². The Morgan fingerprint density at radius 1 is 1.29 bits per heavy atom. The second-order valence-electron chi connectivity index (χ2n) is 5.08. The molecule has 21 heavy (non-hydrogen) atoms. The molecule has 2 heterocycles. The predicted octanol–water partition coefficient (Wildman–Crippen LogP) is 3.25. The molecule has 0 saturated carbocycles. The molecule has 2 aromatic rings. The van der Waals surface area contributed by atoms with E-state index in [1.807, 2.05) is 18.2 Å². The van der Waals surface area contributed by atoms with Crippen molar-refractivity contribution in [2.45, 2.75) is 25.4 Å². The van der Waals surface area contributed by atoms with Gasteiger partial charge in [0, 0.05) is 23.6 Å². The molecule has 3 rings (SSSR count). The van der Waals surface area contributed by atoms with Gasteiger partial charge in [0.2, 0.25) is 6.79 Å². The quantitative estimate of drug-likeness (QED) is 0.860. The van der Waals surface area contributed by atoms with Crippen molar-refractivity contribution in [1.82, 2.24) is 5.32 Å². The molecule has 0 unspecified atom stereocenters. The van der Waals surface area contributed by atoms with Crippen LogP contribution in [0.3, 0.4) is 0 Å². The maximum absolute atomic E-state index is 9.27. The lowest BCUT2D eigenvalue weighted by atomic mass is 10.0. The summed E-state index contributed by atoms with van der Waals surface area (Å²) in [7, 11) is 0. The third-order valence-corrected chi connectivity index (χ3v) is 4.64. The van der Waals surface area contributed by atoms with Crippen molar-refractivity contribution in [3.05, 3.63) is 46.2 Å². The summed E-state index contributed by atoms with van der Waals surface area (Å²) in [5.74, 6) is 1.60. The van der Waals surface area contributed by atoms with E-state index in [1.165, 1.54) is 4.88 Å². The van der Waals surface area contributed by atoms with Crippen molar-refractivity contribution in [3.63, 3.8) is 0 Å². The molecule has 112 valence electrons. The number of benzene rings is 1. The minimum Gasteiger partial charge on any atom is -0.454 e. The average Bonchev–Trinajstić information content (AvgIpc) is 3.17. The van der Waals surface area contributed by atoms with Crippen LogP contribution in [-0.4, -0.2) is 18.5 Å².